The molecule has 2 aromatic heterocycles. The second-order valence-electron chi connectivity index (χ2n) is 4.44. The summed E-state index contributed by atoms with van der Waals surface area (Å²) in [5, 5.41) is 4.32. The minimum atomic E-state index is -0.0297. The Bertz CT molecular complexity index is 499. The largest absolute Gasteiger partial charge is 0.324 e. The van der Waals surface area contributed by atoms with Gasteiger partial charge in [-0.2, -0.15) is 5.10 Å². The van der Waals surface area contributed by atoms with Crippen molar-refractivity contribution in [1.29, 1.82) is 0 Å². The molecule has 0 radical (unpaired) electrons. The molecule has 2 N–H and O–H groups in total. The van der Waals surface area contributed by atoms with Gasteiger partial charge in [0.05, 0.1) is 5.69 Å². The molecule has 0 aliphatic carbocycles. The van der Waals surface area contributed by atoms with E-state index >= 15 is 0 Å². The van der Waals surface area contributed by atoms with Crippen LogP contribution >= 0.6 is 0 Å². The molecular weight excluding hydrogens is 212 g/mol. The first-order valence-corrected chi connectivity index (χ1v) is 5.74. The topological polar surface area (TPSA) is 56.7 Å². The molecule has 1 atom stereocenters. The molecule has 2 heterocycles. The molecule has 2 aromatic rings. The molecule has 0 bridgehead atoms. The summed E-state index contributed by atoms with van der Waals surface area (Å²) < 4.78 is 1.89. The molecule has 4 nitrogen and oxygen atoms in total. The van der Waals surface area contributed by atoms with Crippen molar-refractivity contribution in [2.75, 3.05) is 0 Å². The maximum Gasteiger partial charge on any atom is 0.0596 e. The third kappa shape index (κ3) is 2.71. The van der Waals surface area contributed by atoms with Crippen LogP contribution < -0.4 is 5.73 Å². The van der Waals surface area contributed by atoms with Crippen molar-refractivity contribution in [2.45, 2.75) is 26.3 Å². The Morgan fingerprint density at radius 1 is 1.29 bits per heavy atom. The first kappa shape index (κ1) is 11.8. The minimum Gasteiger partial charge on any atom is -0.324 e. The van der Waals surface area contributed by atoms with E-state index in [-0.39, 0.29) is 6.04 Å². The summed E-state index contributed by atoms with van der Waals surface area (Å²) in [5.41, 5.74) is 10.4. The number of pyridine rings is 1. The number of nitrogens with zero attached hydrogens (tertiary/aromatic N) is 3. The SMILES string of the molecule is Cc1ccc(C(N)Cc2cc(C)nn2C)cn1. The Balaban J connectivity index is 2.13. The average molecular weight is 230 g/mol. The first-order valence-electron chi connectivity index (χ1n) is 5.74. The van der Waals surface area contributed by atoms with Gasteiger partial charge in [0.1, 0.15) is 0 Å². The van der Waals surface area contributed by atoms with E-state index in [0.717, 1.165) is 29.1 Å². The smallest absolute Gasteiger partial charge is 0.0596 e. The molecule has 0 aromatic carbocycles. The van der Waals surface area contributed by atoms with E-state index < -0.39 is 0 Å². The predicted octanol–water partition coefficient (Wildman–Crippen LogP) is 1.67. The Morgan fingerprint density at radius 3 is 2.59 bits per heavy atom. The van der Waals surface area contributed by atoms with Crippen LogP contribution in [0.5, 0.6) is 0 Å². The summed E-state index contributed by atoms with van der Waals surface area (Å²) in [5.74, 6) is 0. The highest BCUT2D eigenvalue weighted by molar-refractivity contribution is 5.20. The summed E-state index contributed by atoms with van der Waals surface area (Å²) >= 11 is 0. The van der Waals surface area contributed by atoms with Crippen LogP contribution in [-0.2, 0) is 13.5 Å². The van der Waals surface area contributed by atoms with E-state index in [1.807, 2.05) is 43.9 Å². The maximum atomic E-state index is 6.17. The Hall–Kier alpha value is -1.68. The van der Waals surface area contributed by atoms with Crippen LogP contribution in [-0.4, -0.2) is 14.8 Å². The van der Waals surface area contributed by atoms with Crippen LogP contribution in [0, 0.1) is 13.8 Å². The van der Waals surface area contributed by atoms with Gasteiger partial charge in [0.15, 0.2) is 0 Å². The van der Waals surface area contributed by atoms with Crippen molar-refractivity contribution in [1.82, 2.24) is 14.8 Å². The molecule has 0 aliphatic rings. The van der Waals surface area contributed by atoms with Crippen molar-refractivity contribution in [3.05, 3.63) is 47.0 Å². The lowest BCUT2D eigenvalue weighted by atomic mass is 10.0. The molecule has 4 heteroatoms. The highest BCUT2D eigenvalue weighted by atomic mass is 15.3. The lowest BCUT2D eigenvalue weighted by Crippen LogP contribution is -2.15. The molecule has 17 heavy (non-hydrogen) atoms. The summed E-state index contributed by atoms with van der Waals surface area (Å²) in [6.07, 6.45) is 2.63. The molecule has 0 amide bonds. The zero-order valence-electron chi connectivity index (χ0n) is 10.5. The number of rotatable bonds is 3. The van der Waals surface area contributed by atoms with Crippen molar-refractivity contribution in [3.63, 3.8) is 0 Å². The van der Waals surface area contributed by atoms with Gasteiger partial charge in [-0.25, -0.2) is 0 Å². The van der Waals surface area contributed by atoms with Gasteiger partial charge in [0, 0.05) is 37.1 Å². The Kier molecular flexibility index (Phi) is 3.24. The van der Waals surface area contributed by atoms with Crippen LogP contribution in [0.2, 0.25) is 0 Å². The average Bonchev–Trinajstić information content (AvgIpc) is 2.58. The second kappa shape index (κ2) is 4.67. The minimum absolute atomic E-state index is 0.0297. The van der Waals surface area contributed by atoms with Gasteiger partial charge in [0.2, 0.25) is 0 Å². The van der Waals surface area contributed by atoms with Crippen molar-refractivity contribution in [2.24, 2.45) is 12.8 Å². The molecule has 90 valence electrons. The standard InChI is InChI=1S/C13H18N4/c1-9-4-5-11(8-15-9)13(14)7-12-6-10(2)16-17(12)3/h4-6,8,13H,7,14H2,1-3H3. The van der Waals surface area contributed by atoms with Crippen LogP contribution in [0.3, 0.4) is 0 Å². The third-order valence-electron chi connectivity index (χ3n) is 2.89. The van der Waals surface area contributed by atoms with Gasteiger partial charge >= 0.3 is 0 Å². The predicted molar refractivity (Wildman–Crippen MR) is 67.6 cm³/mol. The fourth-order valence-corrected chi connectivity index (χ4v) is 1.90. The van der Waals surface area contributed by atoms with Crippen molar-refractivity contribution in [3.8, 4) is 0 Å². The molecule has 1 unspecified atom stereocenters. The number of nitrogens with two attached hydrogens (primary N) is 1. The molecule has 0 aliphatic heterocycles. The molecule has 0 spiro atoms. The van der Waals surface area contributed by atoms with Gasteiger partial charge in [-0.15, -0.1) is 0 Å². The van der Waals surface area contributed by atoms with E-state index in [1.54, 1.807) is 0 Å². The summed E-state index contributed by atoms with van der Waals surface area (Å²) in [4.78, 5) is 4.27. The maximum absolute atomic E-state index is 6.17. The molecule has 2 rings (SSSR count). The van der Waals surface area contributed by atoms with E-state index in [4.69, 9.17) is 5.73 Å². The van der Waals surface area contributed by atoms with E-state index in [9.17, 15) is 0 Å². The zero-order chi connectivity index (χ0) is 12.4. The lowest BCUT2D eigenvalue weighted by molar-refractivity contribution is 0.638. The van der Waals surface area contributed by atoms with Crippen molar-refractivity contribution < 1.29 is 0 Å². The number of aryl methyl sites for hydroxylation is 3. The highest BCUT2D eigenvalue weighted by Gasteiger charge is 2.10. The molecular formula is C13H18N4. The van der Waals surface area contributed by atoms with Crippen molar-refractivity contribution >= 4 is 0 Å². The second-order valence-corrected chi connectivity index (χ2v) is 4.44. The number of hydrogen-bond acceptors (Lipinski definition) is 3. The molecule has 0 fully saturated rings. The van der Waals surface area contributed by atoms with Gasteiger partial charge in [-0.05, 0) is 31.5 Å². The Morgan fingerprint density at radius 2 is 2.06 bits per heavy atom. The third-order valence-corrected chi connectivity index (χ3v) is 2.89. The first-order chi connectivity index (χ1) is 8.06. The number of aromatic nitrogens is 3. The quantitative estimate of drug-likeness (QED) is 0.872. The van der Waals surface area contributed by atoms with Crippen LogP contribution in [0.4, 0.5) is 0 Å². The zero-order valence-corrected chi connectivity index (χ0v) is 10.5. The fourth-order valence-electron chi connectivity index (χ4n) is 1.90. The van der Waals surface area contributed by atoms with Gasteiger partial charge in [0.25, 0.3) is 0 Å². The Labute approximate surface area is 101 Å². The lowest BCUT2D eigenvalue weighted by Gasteiger charge is -2.11. The summed E-state index contributed by atoms with van der Waals surface area (Å²) in [6.45, 7) is 3.96. The molecule has 0 saturated carbocycles. The summed E-state index contributed by atoms with van der Waals surface area (Å²) in [6, 6.07) is 6.07. The van der Waals surface area contributed by atoms with E-state index in [0.29, 0.717) is 0 Å². The van der Waals surface area contributed by atoms with Crippen LogP contribution in [0.15, 0.2) is 24.4 Å². The normalized spacial score (nSPS) is 12.7. The van der Waals surface area contributed by atoms with E-state index in [2.05, 4.69) is 16.1 Å². The van der Waals surface area contributed by atoms with Gasteiger partial charge in [-0.3, -0.25) is 9.67 Å². The molecule has 0 saturated heterocycles. The highest BCUT2D eigenvalue weighted by Crippen LogP contribution is 2.15. The monoisotopic (exact) mass is 230 g/mol. The van der Waals surface area contributed by atoms with Gasteiger partial charge < -0.3 is 5.73 Å². The van der Waals surface area contributed by atoms with E-state index in [1.165, 1.54) is 0 Å². The summed E-state index contributed by atoms with van der Waals surface area (Å²) in [7, 11) is 1.95. The fraction of sp³-hybridized carbons (Fsp3) is 0.385. The van der Waals surface area contributed by atoms with Crippen LogP contribution in [0.25, 0.3) is 0 Å². The van der Waals surface area contributed by atoms with Gasteiger partial charge in [-0.1, -0.05) is 6.07 Å². The van der Waals surface area contributed by atoms with Crippen LogP contribution in [0.1, 0.15) is 28.7 Å². The number of hydrogen-bond donors (Lipinski definition) is 1.